The minimum absolute atomic E-state index is 0.104. The Morgan fingerprint density at radius 2 is 2.20 bits per heavy atom. The Morgan fingerprint density at radius 3 is 2.87 bits per heavy atom. The van der Waals surface area contributed by atoms with Crippen LogP contribution in [0.5, 0.6) is 5.75 Å². The van der Waals surface area contributed by atoms with Gasteiger partial charge in [0, 0.05) is 0 Å². The van der Waals surface area contributed by atoms with Crippen LogP contribution in [0.3, 0.4) is 0 Å². The summed E-state index contributed by atoms with van der Waals surface area (Å²) in [7, 11) is 0. The average Bonchev–Trinajstić information content (AvgIpc) is 2.63. The zero-order valence-electron chi connectivity index (χ0n) is 7.61. The van der Waals surface area contributed by atoms with Crippen molar-refractivity contribution in [2.45, 2.75) is 6.61 Å². The van der Waals surface area contributed by atoms with E-state index in [1.807, 2.05) is 0 Å². The molecule has 0 saturated carbocycles. The first kappa shape index (κ1) is 10.2. The van der Waals surface area contributed by atoms with Crippen LogP contribution < -0.4 is 4.74 Å². The highest BCUT2D eigenvalue weighted by atomic mass is 79.9. The molecule has 0 radical (unpaired) electrons. The lowest BCUT2D eigenvalue weighted by Gasteiger charge is -2.03. The van der Waals surface area contributed by atoms with Crippen molar-refractivity contribution in [2.24, 2.45) is 0 Å². The Morgan fingerprint density at radius 1 is 1.40 bits per heavy atom. The van der Waals surface area contributed by atoms with E-state index in [9.17, 15) is 4.39 Å². The maximum atomic E-state index is 13.1. The second kappa shape index (κ2) is 4.44. The predicted octanol–water partition coefficient (Wildman–Crippen LogP) is 3.16. The molecule has 1 heterocycles. The van der Waals surface area contributed by atoms with Crippen LogP contribution in [-0.2, 0) is 6.61 Å². The van der Waals surface area contributed by atoms with Gasteiger partial charge >= 0.3 is 0 Å². The van der Waals surface area contributed by atoms with E-state index in [-0.39, 0.29) is 12.4 Å². The molecule has 3 nitrogen and oxygen atoms in total. The fourth-order valence-corrected chi connectivity index (χ4v) is 1.35. The standard InChI is InChI=1S/C10H7BrFNO2/c11-9-5-15-10(13-9)6-14-8-4-2-1-3-7(8)12/h1-5H,6H2. The number of halogens is 2. The van der Waals surface area contributed by atoms with E-state index in [1.165, 1.54) is 12.3 Å². The molecule has 0 bridgehead atoms. The van der Waals surface area contributed by atoms with Gasteiger partial charge in [-0.25, -0.2) is 9.37 Å². The van der Waals surface area contributed by atoms with Gasteiger partial charge in [0.25, 0.3) is 0 Å². The maximum absolute atomic E-state index is 13.1. The lowest BCUT2D eigenvalue weighted by molar-refractivity contribution is 0.252. The largest absolute Gasteiger partial charge is 0.481 e. The molecule has 0 fully saturated rings. The topological polar surface area (TPSA) is 35.3 Å². The third kappa shape index (κ3) is 2.56. The van der Waals surface area contributed by atoms with Crippen molar-refractivity contribution >= 4 is 15.9 Å². The molecule has 0 spiro atoms. The van der Waals surface area contributed by atoms with Crippen LogP contribution in [0.25, 0.3) is 0 Å². The molecule has 5 heteroatoms. The van der Waals surface area contributed by atoms with Gasteiger partial charge in [0.05, 0.1) is 0 Å². The quantitative estimate of drug-likeness (QED) is 0.860. The number of ether oxygens (including phenoxy) is 1. The van der Waals surface area contributed by atoms with Gasteiger partial charge in [-0.3, -0.25) is 0 Å². The second-order valence-corrected chi connectivity index (χ2v) is 3.60. The predicted molar refractivity (Wildman–Crippen MR) is 54.9 cm³/mol. The molecule has 15 heavy (non-hydrogen) atoms. The number of aromatic nitrogens is 1. The van der Waals surface area contributed by atoms with Crippen LogP contribution in [0.1, 0.15) is 5.89 Å². The van der Waals surface area contributed by atoms with Crippen LogP contribution in [0.15, 0.2) is 39.5 Å². The van der Waals surface area contributed by atoms with Crippen molar-refractivity contribution in [3.8, 4) is 5.75 Å². The minimum atomic E-state index is -0.400. The summed E-state index contributed by atoms with van der Waals surface area (Å²) in [5, 5.41) is 0. The van der Waals surface area contributed by atoms with Crippen LogP contribution in [-0.4, -0.2) is 4.98 Å². The zero-order valence-corrected chi connectivity index (χ0v) is 9.20. The first-order valence-corrected chi connectivity index (χ1v) is 5.02. The molecule has 0 atom stereocenters. The molecular formula is C10H7BrFNO2. The summed E-state index contributed by atoms with van der Waals surface area (Å²) < 4.78 is 23.9. The summed E-state index contributed by atoms with van der Waals surface area (Å²) in [5.74, 6) is 0.181. The number of para-hydroxylation sites is 1. The molecule has 2 rings (SSSR count). The van der Waals surface area contributed by atoms with Crippen molar-refractivity contribution in [1.82, 2.24) is 4.98 Å². The Labute approximate surface area is 94.0 Å². The van der Waals surface area contributed by atoms with Crippen molar-refractivity contribution in [3.05, 3.63) is 46.8 Å². The Hall–Kier alpha value is -1.36. The van der Waals surface area contributed by atoms with Gasteiger partial charge in [-0.05, 0) is 28.1 Å². The van der Waals surface area contributed by atoms with Gasteiger partial charge in [0.15, 0.2) is 18.2 Å². The molecule has 0 aliphatic rings. The first-order valence-electron chi connectivity index (χ1n) is 4.23. The van der Waals surface area contributed by atoms with E-state index in [1.54, 1.807) is 18.2 Å². The van der Waals surface area contributed by atoms with E-state index < -0.39 is 5.82 Å². The molecule has 0 N–H and O–H groups in total. The van der Waals surface area contributed by atoms with E-state index >= 15 is 0 Å². The number of oxazole rings is 1. The van der Waals surface area contributed by atoms with Crippen molar-refractivity contribution in [2.75, 3.05) is 0 Å². The zero-order chi connectivity index (χ0) is 10.7. The fraction of sp³-hybridized carbons (Fsp3) is 0.100. The molecule has 0 aliphatic carbocycles. The molecule has 0 saturated heterocycles. The third-order valence-electron chi connectivity index (χ3n) is 1.71. The van der Waals surface area contributed by atoms with E-state index in [0.717, 1.165) is 0 Å². The van der Waals surface area contributed by atoms with E-state index in [0.29, 0.717) is 10.5 Å². The molecule has 78 valence electrons. The molecular weight excluding hydrogens is 265 g/mol. The lowest BCUT2D eigenvalue weighted by Crippen LogP contribution is -1.97. The number of hydrogen-bond donors (Lipinski definition) is 0. The third-order valence-corrected chi connectivity index (χ3v) is 2.08. The normalized spacial score (nSPS) is 10.3. The SMILES string of the molecule is Fc1ccccc1OCc1nc(Br)co1. The summed E-state index contributed by atoms with van der Waals surface area (Å²) in [4.78, 5) is 3.96. The van der Waals surface area contributed by atoms with Gasteiger partial charge in [-0.1, -0.05) is 12.1 Å². The van der Waals surface area contributed by atoms with Crippen LogP contribution in [0.4, 0.5) is 4.39 Å². The number of rotatable bonds is 3. The van der Waals surface area contributed by atoms with E-state index in [4.69, 9.17) is 9.15 Å². The smallest absolute Gasteiger partial charge is 0.233 e. The Bertz CT molecular complexity index is 458. The lowest BCUT2D eigenvalue weighted by atomic mass is 10.3. The van der Waals surface area contributed by atoms with Crippen LogP contribution in [0, 0.1) is 5.82 Å². The molecule has 0 aliphatic heterocycles. The van der Waals surface area contributed by atoms with Gasteiger partial charge < -0.3 is 9.15 Å². The highest BCUT2D eigenvalue weighted by Crippen LogP contribution is 2.17. The van der Waals surface area contributed by atoms with Crippen LogP contribution >= 0.6 is 15.9 Å². The van der Waals surface area contributed by atoms with Gasteiger partial charge in [-0.2, -0.15) is 0 Å². The molecule has 1 aromatic carbocycles. The summed E-state index contributed by atoms with van der Waals surface area (Å²) in [6.07, 6.45) is 1.44. The van der Waals surface area contributed by atoms with Gasteiger partial charge in [-0.15, -0.1) is 0 Å². The van der Waals surface area contributed by atoms with E-state index in [2.05, 4.69) is 20.9 Å². The van der Waals surface area contributed by atoms with Gasteiger partial charge in [0.1, 0.15) is 10.9 Å². The average molecular weight is 272 g/mol. The summed E-state index contributed by atoms with van der Waals surface area (Å²) in [6.45, 7) is 0.104. The molecule has 0 unspecified atom stereocenters. The monoisotopic (exact) mass is 271 g/mol. The summed E-state index contributed by atoms with van der Waals surface area (Å²) in [5.41, 5.74) is 0. The number of benzene rings is 1. The maximum Gasteiger partial charge on any atom is 0.233 e. The summed E-state index contributed by atoms with van der Waals surface area (Å²) in [6, 6.07) is 6.18. The number of nitrogens with zero attached hydrogens (tertiary/aromatic N) is 1. The van der Waals surface area contributed by atoms with Crippen LogP contribution in [0.2, 0.25) is 0 Å². The highest BCUT2D eigenvalue weighted by Gasteiger charge is 2.05. The molecule has 0 amide bonds. The highest BCUT2D eigenvalue weighted by molar-refractivity contribution is 9.10. The Balaban J connectivity index is 2.02. The Kier molecular flexibility index (Phi) is 3.01. The molecule has 2 aromatic rings. The van der Waals surface area contributed by atoms with Crippen molar-refractivity contribution in [3.63, 3.8) is 0 Å². The second-order valence-electron chi connectivity index (χ2n) is 2.78. The molecule has 1 aromatic heterocycles. The minimum Gasteiger partial charge on any atom is -0.481 e. The summed E-state index contributed by atoms with van der Waals surface area (Å²) >= 11 is 3.14. The first-order chi connectivity index (χ1) is 7.25. The van der Waals surface area contributed by atoms with Gasteiger partial charge in [0.2, 0.25) is 5.89 Å². The van der Waals surface area contributed by atoms with Crippen molar-refractivity contribution < 1.29 is 13.5 Å². The fourth-order valence-electron chi connectivity index (χ4n) is 1.06. The van der Waals surface area contributed by atoms with Crippen molar-refractivity contribution in [1.29, 1.82) is 0 Å². The number of hydrogen-bond acceptors (Lipinski definition) is 3.